The third-order valence-corrected chi connectivity index (χ3v) is 4.12. The van der Waals surface area contributed by atoms with E-state index >= 15 is 0 Å². The highest BCUT2D eigenvalue weighted by Crippen LogP contribution is 2.31. The monoisotopic (exact) mass is 259 g/mol. The molecular formula is C15H21N3O. The van der Waals surface area contributed by atoms with Gasteiger partial charge in [0.25, 0.3) is 0 Å². The number of piperidine rings is 1. The normalized spacial score (nSPS) is 26.6. The molecule has 2 N–H and O–H groups in total. The number of carbonyl (C=O) groups is 1. The lowest BCUT2D eigenvalue weighted by molar-refractivity contribution is -0.123. The van der Waals surface area contributed by atoms with Crippen LogP contribution in [-0.2, 0) is 4.79 Å². The Hall–Kier alpha value is -1.55. The number of nitrogens with zero attached hydrogens (tertiary/aromatic N) is 1. The molecule has 2 atom stereocenters. The first kappa shape index (κ1) is 12.5. The number of carbonyl (C=O) groups excluding carboxylic acids is 1. The summed E-state index contributed by atoms with van der Waals surface area (Å²) >= 11 is 0. The molecule has 1 saturated heterocycles. The van der Waals surface area contributed by atoms with Gasteiger partial charge in [-0.15, -0.1) is 0 Å². The predicted molar refractivity (Wildman–Crippen MR) is 76.3 cm³/mol. The van der Waals surface area contributed by atoms with Crippen molar-refractivity contribution >= 4 is 11.6 Å². The largest absolute Gasteiger partial charge is 0.384 e. The van der Waals surface area contributed by atoms with Crippen molar-refractivity contribution in [1.29, 1.82) is 0 Å². The highest BCUT2D eigenvalue weighted by atomic mass is 16.2. The van der Waals surface area contributed by atoms with Crippen molar-refractivity contribution < 1.29 is 4.79 Å². The topological polar surface area (TPSA) is 44.4 Å². The molecule has 0 radical (unpaired) electrons. The van der Waals surface area contributed by atoms with Gasteiger partial charge in [0, 0.05) is 24.8 Å². The minimum absolute atomic E-state index is 0.0385. The maximum absolute atomic E-state index is 12.4. The summed E-state index contributed by atoms with van der Waals surface area (Å²) in [6.45, 7) is 2.82. The number of likely N-dealkylation sites (tertiary alicyclic amines) is 1. The number of para-hydroxylation sites is 1. The van der Waals surface area contributed by atoms with Crippen LogP contribution in [0.25, 0.3) is 0 Å². The Balaban J connectivity index is 1.65. The highest BCUT2D eigenvalue weighted by molar-refractivity contribution is 5.88. The van der Waals surface area contributed by atoms with Crippen molar-refractivity contribution in [2.24, 2.45) is 0 Å². The fourth-order valence-electron chi connectivity index (χ4n) is 3.10. The molecule has 4 nitrogen and oxygen atoms in total. The molecule has 1 fully saturated rings. The molecule has 102 valence electrons. The Morgan fingerprint density at radius 1 is 1.42 bits per heavy atom. The zero-order valence-corrected chi connectivity index (χ0v) is 11.4. The lowest BCUT2D eigenvalue weighted by Crippen LogP contribution is -2.47. The van der Waals surface area contributed by atoms with Crippen LogP contribution in [-0.4, -0.2) is 43.5 Å². The third kappa shape index (κ3) is 2.59. The van der Waals surface area contributed by atoms with Crippen LogP contribution in [0.2, 0.25) is 0 Å². The summed E-state index contributed by atoms with van der Waals surface area (Å²) in [6, 6.07) is 8.39. The van der Waals surface area contributed by atoms with Gasteiger partial charge in [0.2, 0.25) is 5.91 Å². The standard InChI is InChI=1S/C15H21N3O/c1-18-8-4-5-11(10-18)17-15(19)13-9-16-14-7-3-2-6-12(13)14/h2-3,6-7,11,13,16H,4-5,8-10H2,1H3,(H,17,19). The maximum atomic E-state index is 12.4. The fraction of sp³-hybridized carbons (Fsp3) is 0.533. The lowest BCUT2D eigenvalue weighted by Gasteiger charge is -2.30. The van der Waals surface area contributed by atoms with Crippen LogP contribution >= 0.6 is 0 Å². The number of nitrogens with one attached hydrogen (secondary N) is 2. The zero-order valence-electron chi connectivity index (χ0n) is 11.4. The summed E-state index contributed by atoms with van der Waals surface area (Å²) in [5.74, 6) is 0.126. The van der Waals surface area contributed by atoms with Gasteiger partial charge in [-0.05, 0) is 38.1 Å². The first-order chi connectivity index (χ1) is 9.24. The number of hydrogen-bond donors (Lipinski definition) is 2. The smallest absolute Gasteiger partial charge is 0.229 e. The Morgan fingerprint density at radius 2 is 2.26 bits per heavy atom. The van der Waals surface area contributed by atoms with Gasteiger partial charge in [-0.25, -0.2) is 0 Å². The Morgan fingerprint density at radius 3 is 3.11 bits per heavy atom. The van der Waals surface area contributed by atoms with Crippen LogP contribution in [0.4, 0.5) is 5.69 Å². The van der Waals surface area contributed by atoms with E-state index in [-0.39, 0.29) is 11.8 Å². The van der Waals surface area contributed by atoms with Gasteiger partial charge >= 0.3 is 0 Å². The molecule has 0 spiro atoms. The van der Waals surface area contributed by atoms with Crippen LogP contribution in [0.3, 0.4) is 0 Å². The van der Waals surface area contributed by atoms with E-state index < -0.39 is 0 Å². The predicted octanol–water partition coefficient (Wildman–Crippen LogP) is 1.41. The molecule has 4 heteroatoms. The number of benzene rings is 1. The number of likely N-dealkylation sites (N-methyl/N-ethyl adjacent to an activating group) is 1. The van der Waals surface area contributed by atoms with Crippen molar-refractivity contribution in [3.8, 4) is 0 Å². The van der Waals surface area contributed by atoms with Gasteiger partial charge in [-0.3, -0.25) is 4.79 Å². The number of fused-ring (bicyclic) bond motifs is 1. The van der Waals surface area contributed by atoms with Crippen molar-refractivity contribution in [1.82, 2.24) is 10.2 Å². The molecule has 1 aromatic carbocycles. The lowest BCUT2D eigenvalue weighted by atomic mass is 9.99. The minimum atomic E-state index is -0.0385. The molecule has 2 aliphatic heterocycles. The second kappa shape index (κ2) is 5.21. The third-order valence-electron chi connectivity index (χ3n) is 4.12. The molecule has 2 heterocycles. The van der Waals surface area contributed by atoms with Gasteiger partial charge in [-0.2, -0.15) is 0 Å². The number of rotatable bonds is 2. The van der Waals surface area contributed by atoms with Crippen molar-refractivity contribution in [2.75, 3.05) is 32.0 Å². The average molecular weight is 259 g/mol. The van der Waals surface area contributed by atoms with Crippen molar-refractivity contribution in [3.05, 3.63) is 29.8 Å². The van der Waals surface area contributed by atoms with Crippen molar-refractivity contribution in [2.45, 2.75) is 24.8 Å². The van der Waals surface area contributed by atoms with E-state index in [2.05, 4.69) is 22.6 Å². The molecule has 2 aliphatic rings. The molecule has 1 aromatic rings. The summed E-state index contributed by atoms with van der Waals surface area (Å²) in [6.07, 6.45) is 2.26. The second-order valence-electron chi connectivity index (χ2n) is 5.63. The number of anilines is 1. The summed E-state index contributed by atoms with van der Waals surface area (Å²) in [7, 11) is 2.12. The van der Waals surface area contributed by atoms with Crippen LogP contribution < -0.4 is 10.6 Å². The molecule has 0 saturated carbocycles. The average Bonchev–Trinajstić information content (AvgIpc) is 2.82. The summed E-state index contributed by atoms with van der Waals surface area (Å²) < 4.78 is 0. The highest BCUT2D eigenvalue weighted by Gasteiger charge is 2.30. The number of amides is 1. The van der Waals surface area contributed by atoms with Gasteiger partial charge in [0.1, 0.15) is 0 Å². The molecule has 19 heavy (non-hydrogen) atoms. The Bertz CT molecular complexity index is 474. The molecule has 1 amide bonds. The van der Waals surface area contributed by atoms with Crippen LogP contribution in [0, 0.1) is 0 Å². The SMILES string of the molecule is CN1CCCC(NC(=O)C2CNc3ccccc32)C1. The second-order valence-corrected chi connectivity index (χ2v) is 5.63. The van der Waals surface area contributed by atoms with E-state index in [1.165, 1.54) is 6.42 Å². The van der Waals surface area contributed by atoms with Gasteiger partial charge in [-0.1, -0.05) is 18.2 Å². The first-order valence-electron chi connectivity index (χ1n) is 7.06. The van der Waals surface area contributed by atoms with Crippen LogP contribution in [0.1, 0.15) is 24.3 Å². The van der Waals surface area contributed by atoms with Gasteiger partial charge < -0.3 is 15.5 Å². The zero-order chi connectivity index (χ0) is 13.2. The van der Waals surface area contributed by atoms with E-state index in [0.29, 0.717) is 12.6 Å². The fourth-order valence-corrected chi connectivity index (χ4v) is 3.10. The van der Waals surface area contributed by atoms with Crippen LogP contribution in [0.15, 0.2) is 24.3 Å². The van der Waals surface area contributed by atoms with Gasteiger partial charge in [0.15, 0.2) is 0 Å². The minimum Gasteiger partial charge on any atom is -0.384 e. The van der Waals surface area contributed by atoms with E-state index in [0.717, 1.165) is 30.8 Å². The summed E-state index contributed by atoms with van der Waals surface area (Å²) in [4.78, 5) is 14.7. The molecule has 0 aromatic heterocycles. The molecule has 0 bridgehead atoms. The van der Waals surface area contributed by atoms with E-state index in [4.69, 9.17) is 0 Å². The summed E-state index contributed by atoms with van der Waals surface area (Å²) in [5, 5.41) is 6.52. The summed E-state index contributed by atoms with van der Waals surface area (Å²) in [5.41, 5.74) is 2.23. The first-order valence-corrected chi connectivity index (χ1v) is 7.06. The molecular weight excluding hydrogens is 238 g/mol. The maximum Gasteiger partial charge on any atom is 0.229 e. The Labute approximate surface area is 114 Å². The molecule has 3 rings (SSSR count). The molecule has 2 unspecified atom stereocenters. The Kier molecular flexibility index (Phi) is 3.42. The van der Waals surface area contributed by atoms with E-state index in [1.807, 2.05) is 24.3 Å². The quantitative estimate of drug-likeness (QED) is 0.844. The van der Waals surface area contributed by atoms with Gasteiger partial charge in [0.05, 0.1) is 5.92 Å². The number of hydrogen-bond acceptors (Lipinski definition) is 3. The van der Waals surface area contributed by atoms with Crippen LogP contribution in [0.5, 0.6) is 0 Å². The molecule has 0 aliphatic carbocycles. The van der Waals surface area contributed by atoms with Crippen molar-refractivity contribution in [3.63, 3.8) is 0 Å². The van der Waals surface area contributed by atoms with E-state index in [9.17, 15) is 4.79 Å². The van der Waals surface area contributed by atoms with E-state index in [1.54, 1.807) is 0 Å².